The fraction of sp³-hybridized carbons (Fsp3) is 0.375. The maximum absolute atomic E-state index is 14.0. The Labute approximate surface area is 269 Å². The fourth-order valence-corrected chi connectivity index (χ4v) is 6.44. The predicted octanol–water partition coefficient (Wildman–Crippen LogP) is 5.48. The molecular formula is C32H37Cl2N3O6S. The lowest BCUT2D eigenvalue weighted by atomic mass is 10.0. The number of hydrogen-bond acceptors (Lipinski definition) is 6. The van der Waals surface area contributed by atoms with Gasteiger partial charge in [-0.05, 0) is 42.7 Å². The molecule has 0 spiro atoms. The molecule has 1 N–H and O–H groups in total. The van der Waals surface area contributed by atoms with Crippen LogP contribution in [0.15, 0.2) is 66.7 Å². The average Bonchev–Trinajstić information content (AvgIpc) is 3.00. The van der Waals surface area contributed by atoms with Crippen molar-refractivity contribution < 1.29 is 27.5 Å². The molecule has 0 fully saturated rings. The van der Waals surface area contributed by atoms with E-state index in [-0.39, 0.29) is 44.2 Å². The first-order valence-electron chi connectivity index (χ1n) is 14.5. The molecule has 0 radical (unpaired) electrons. The molecular weight excluding hydrogens is 625 g/mol. The Morgan fingerprint density at radius 3 is 2.30 bits per heavy atom. The summed E-state index contributed by atoms with van der Waals surface area (Å²) in [4.78, 5) is 29.0. The van der Waals surface area contributed by atoms with Gasteiger partial charge in [0.15, 0.2) is 11.5 Å². The number of rotatable bonds is 14. The van der Waals surface area contributed by atoms with Crippen LogP contribution in [0, 0.1) is 0 Å². The highest BCUT2D eigenvalue weighted by molar-refractivity contribution is 7.92. The summed E-state index contributed by atoms with van der Waals surface area (Å²) in [6, 6.07) is 18.6. The second-order valence-electron chi connectivity index (χ2n) is 10.5. The third kappa shape index (κ3) is 8.80. The van der Waals surface area contributed by atoms with Gasteiger partial charge >= 0.3 is 0 Å². The van der Waals surface area contributed by atoms with E-state index in [0.717, 1.165) is 18.2 Å². The maximum Gasteiger partial charge on any atom is 0.243 e. The van der Waals surface area contributed by atoms with Crippen LogP contribution in [-0.4, -0.2) is 63.7 Å². The SMILES string of the molecule is CCCNC(=O)C(Cc1ccccc1)N(Cc1c(Cl)cccc1Cl)C(=O)CCCN(c1ccc2c(c1)OCCO2)S(C)(=O)=O. The number of carbonyl (C=O) groups excluding carboxylic acids is 2. The second-order valence-corrected chi connectivity index (χ2v) is 13.2. The van der Waals surface area contributed by atoms with Crippen molar-refractivity contribution in [1.29, 1.82) is 0 Å². The van der Waals surface area contributed by atoms with E-state index >= 15 is 0 Å². The van der Waals surface area contributed by atoms with Crippen molar-refractivity contribution in [1.82, 2.24) is 10.2 Å². The van der Waals surface area contributed by atoms with Gasteiger partial charge in [0.1, 0.15) is 19.3 Å². The largest absolute Gasteiger partial charge is 0.486 e. The Morgan fingerprint density at radius 1 is 0.955 bits per heavy atom. The monoisotopic (exact) mass is 661 g/mol. The average molecular weight is 663 g/mol. The number of halogens is 2. The number of carbonyl (C=O) groups is 2. The summed E-state index contributed by atoms with van der Waals surface area (Å²) >= 11 is 13.0. The normalized spacial score (nSPS) is 13.2. The van der Waals surface area contributed by atoms with E-state index in [0.29, 0.717) is 52.6 Å². The number of hydrogen-bond donors (Lipinski definition) is 1. The summed E-state index contributed by atoms with van der Waals surface area (Å²) in [5, 5.41) is 3.69. The van der Waals surface area contributed by atoms with Crippen molar-refractivity contribution in [2.24, 2.45) is 0 Å². The minimum absolute atomic E-state index is 0.00629. The molecule has 236 valence electrons. The highest BCUT2D eigenvalue weighted by Crippen LogP contribution is 2.35. The van der Waals surface area contributed by atoms with Gasteiger partial charge in [0.05, 0.1) is 11.9 Å². The van der Waals surface area contributed by atoms with Crippen molar-refractivity contribution >= 4 is 50.7 Å². The quantitative estimate of drug-likeness (QED) is 0.245. The van der Waals surface area contributed by atoms with Gasteiger partial charge in [-0.3, -0.25) is 13.9 Å². The number of amides is 2. The van der Waals surface area contributed by atoms with Crippen LogP contribution in [0.4, 0.5) is 5.69 Å². The first kappa shape index (κ1) is 33.4. The fourth-order valence-electron chi connectivity index (χ4n) is 4.96. The van der Waals surface area contributed by atoms with Crippen molar-refractivity contribution in [2.75, 3.05) is 36.9 Å². The summed E-state index contributed by atoms with van der Waals surface area (Å²) in [6.45, 7) is 3.24. The van der Waals surface area contributed by atoms with Crippen molar-refractivity contribution in [3.8, 4) is 11.5 Å². The Kier molecular flexibility index (Phi) is 11.8. The van der Waals surface area contributed by atoms with Gasteiger partial charge in [0, 0.05) is 54.2 Å². The van der Waals surface area contributed by atoms with Gasteiger partial charge in [-0.1, -0.05) is 66.5 Å². The van der Waals surface area contributed by atoms with Crippen molar-refractivity contribution in [3.63, 3.8) is 0 Å². The summed E-state index contributed by atoms with van der Waals surface area (Å²) < 4.78 is 38.0. The van der Waals surface area contributed by atoms with Crippen LogP contribution in [0.3, 0.4) is 0 Å². The number of fused-ring (bicyclic) bond motifs is 1. The summed E-state index contributed by atoms with van der Waals surface area (Å²) in [5.41, 5.74) is 1.82. The van der Waals surface area contributed by atoms with Gasteiger partial charge in [0.2, 0.25) is 21.8 Å². The van der Waals surface area contributed by atoms with E-state index in [1.807, 2.05) is 37.3 Å². The molecule has 9 nitrogen and oxygen atoms in total. The molecule has 0 bridgehead atoms. The lowest BCUT2D eigenvalue weighted by Crippen LogP contribution is -2.50. The van der Waals surface area contributed by atoms with Crippen LogP contribution in [0.1, 0.15) is 37.3 Å². The highest BCUT2D eigenvalue weighted by atomic mass is 35.5. The molecule has 1 unspecified atom stereocenters. The third-order valence-electron chi connectivity index (χ3n) is 7.18. The molecule has 2 amide bonds. The highest BCUT2D eigenvalue weighted by Gasteiger charge is 2.31. The molecule has 12 heteroatoms. The zero-order valence-electron chi connectivity index (χ0n) is 24.8. The number of benzene rings is 3. The van der Waals surface area contributed by atoms with Crippen LogP contribution in [0.5, 0.6) is 11.5 Å². The molecule has 44 heavy (non-hydrogen) atoms. The van der Waals surface area contributed by atoms with E-state index in [9.17, 15) is 18.0 Å². The summed E-state index contributed by atoms with van der Waals surface area (Å²) in [7, 11) is -3.69. The minimum atomic E-state index is -3.69. The zero-order valence-corrected chi connectivity index (χ0v) is 27.1. The van der Waals surface area contributed by atoms with Gasteiger partial charge in [-0.2, -0.15) is 0 Å². The zero-order chi connectivity index (χ0) is 31.7. The van der Waals surface area contributed by atoms with Gasteiger partial charge < -0.3 is 19.7 Å². The molecule has 3 aromatic carbocycles. The van der Waals surface area contributed by atoms with E-state index in [2.05, 4.69) is 5.32 Å². The molecule has 0 aromatic heterocycles. The maximum atomic E-state index is 14.0. The van der Waals surface area contributed by atoms with Crippen molar-refractivity contribution in [2.45, 2.75) is 45.2 Å². The number of nitrogens with one attached hydrogen (secondary N) is 1. The molecule has 4 rings (SSSR count). The molecule has 3 aromatic rings. The van der Waals surface area contributed by atoms with Gasteiger partial charge in [-0.25, -0.2) is 8.42 Å². The lowest BCUT2D eigenvalue weighted by molar-refractivity contribution is -0.141. The number of anilines is 1. The summed E-state index contributed by atoms with van der Waals surface area (Å²) in [6.07, 6.45) is 2.30. The molecule has 0 saturated carbocycles. The number of nitrogens with zero attached hydrogens (tertiary/aromatic N) is 2. The topological polar surface area (TPSA) is 105 Å². The van der Waals surface area contributed by atoms with Crippen LogP contribution in [-0.2, 0) is 32.6 Å². The van der Waals surface area contributed by atoms with Crippen molar-refractivity contribution in [3.05, 3.63) is 87.9 Å². The Balaban J connectivity index is 1.60. The van der Waals surface area contributed by atoms with Gasteiger partial charge in [0.25, 0.3) is 0 Å². The van der Waals surface area contributed by atoms with Crippen LogP contribution >= 0.6 is 23.2 Å². The lowest BCUT2D eigenvalue weighted by Gasteiger charge is -2.32. The van der Waals surface area contributed by atoms with E-state index < -0.39 is 16.1 Å². The Morgan fingerprint density at radius 2 is 1.64 bits per heavy atom. The smallest absolute Gasteiger partial charge is 0.243 e. The summed E-state index contributed by atoms with van der Waals surface area (Å²) in [5.74, 6) is 0.386. The van der Waals surface area contributed by atoms with Crippen LogP contribution in [0.25, 0.3) is 0 Å². The van der Waals surface area contributed by atoms with E-state index in [1.54, 1.807) is 36.4 Å². The standard InChI is InChI=1S/C32H37Cl2N3O6S/c1-3-16-35-32(39)28(20-23-9-5-4-6-10-23)36(22-25-26(33)11-7-12-27(25)34)31(38)13-8-17-37(44(2,40)41)24-14-15-29-30(21-24)43-19-18-42-29/h4-7,9-12,14-15,21,28H,3,8,13,16-20,22H2,1-2H3,(H,35,39). The number of sulfonamides is 1. The molecule has 0 aliphatic carbocycles. The first-order chi connectivity index (χ1) is 21.1. The second kappa shape index (κ2) is 15.5. The molecule has 1 aliphatic heterocycles. The minimum Gasteiger partial charge on any atom is -0.486 e. The van der Waals surface area contributed by atoms with Crippen LogP contribution in [0.2, 0.25) is 10.0 Å². The van der Waals surface area contributed by atoms with Gasteiger partial charge in [-0.15, -0.1) is 0 Å². The Hall–Kier alpha value is -3.47. The number of ether oxygens (including phenoxy) is 2. The molecule has 1 atom stereocenters. The first-order valence-corrected chi connectivity index (χ1v) is 17.1. The Bertz CT molecular complexity index is 1530. The molecule has 0 saturated heterocycles. The van der Waals surface area contributed by atoms with E-state index in [1.165, 1.54) is 9.21 Å². The predicted molar refractivity (Wildman–Crippen MR) is 173 cm³/mol. The van der Waals surface area contributed by atoms with Crippen LogP contribution < -0.4 is 19.1 Å². The third-order valence-corrected chi connectivity index (χ3v) is 9.08. The van der Waals surface area contributed by atoms with E-state index in [4.69, 9.17) is 32.7 Å². The molecule has 1 heterocycles. The molecule has 1 aliphatic rings.